The van der Waals surface area contributed by atoms with E-state index in [2.05, 4.69) is 5.32 Å². The van der Waals surface area contributed by atoms with Crippen LogP contribution in [0.5, 0.6) is 0 Å². The summed E-state index contributed by atoms with van der Waals surface area (Å²) >= 11 is 1.87. The molecule has 5 heteroatoms. The lowest BCUT2D eigenvalue weighted by molar-refractivity contribution is -0.0478. The molecular weight excluding hydrogens is 196 g/mol. The smallest absolute Gasteiger partial charge is 0.282 e. The van der Waals surface area contributed by atoms with E-state index < -0.39 is 19.1 Å². The Hall–Kier alpha value is 0.130. The van der Waals surface area contributed by atoms with Gasteiger partial charge >= 0.3 is 0 Å². The predicted octanol–water partition coefficient (Wildman–Crippen LogP) is 0.957. The van der Waals surface area contributed by atoms with Crippen LogP contribution in [0.4, 0.5) is 8.78 Å². The van der Waals surface area contributed by atoms with Gasteiger partial charge in [0.1, 0.15) is 6.61 Å². The molecule has 2 N–H and O–H groups in total. The molecule has 2 nitrogen and oxygen atoms in total. The standard InChI is InChI=1S/C8H15F2NOS/c9-8(10,6-12)5-11-3-7-1-2-13-4-7/h7,11-12H,1-6H2. The van der Waals surface area contributed by atoms with Crippen LogP contribution in [0.1, 0.15) is 6.42 Å². The van der Waals surface area contributed by atoms with E-state index in [9.17, 15) is 8.78 Å². The van der Waals surface area contributed by atoms with Gasteiger partial charge in [-0.2, -0.15) is 11.8 Å². The van der Waals surface area contributed by atoms with Crippen LogP contribution in [0.2, 0.25) is 0 Å². The van der Waals surface area contributed by atoms with E-state index in [-0.39, 0.29) is 0 Å². The third kappa shape index (κ3) is 4.24. The molecule has 0 amide bonds. The first-order chi connectivity index (χ1) is 6.14. The molecule has 1 aliphatic heterocycles. The highest BCUT2D eigenvalue weighted by Crippen LogP contribution is 2.22. The SMILES string of the molecule is OCC(F)(F)CNCC1CCSC1. The van der Waals surface area contributed by atoms with Crippen molar-refractivity contribution >= 4 is 11.8 Å². The summed E-state index contributed by atoms with van der Waals surface area (Å²) in [6.45, 7) is -0.841. The third-order valence-corrected chi connectivity index (χ3v) is 3.30. The zero-order valence-electron chi connectivity index (χ0n) is 7.43. The van der Waals surface area contributed by atoms with Crippen molar-refractivity contribution < 1.29 is 13.9 Å². The van der Waals surface area contributed by atoms with Gasteiger partial charge in [-0.15, -0.1) is 0 Å². The molecule has 0 spiro atoms. The lowest BCUT2D eigenvalue weighted by Gasteiger charge is -2.15. The minimum absolute atomic E-state index is 0.412. The maximum absolute atomic E-state index is 12.5. The van der Waals surface area contributed by atoms with E-state index >= 15 is 0 Å². The van der Waals surface area contributed by atoms with Crippen LogP contribution in [-0.2, 0) is 0 Å². The summed E-state index contributed by atoms with van der Waals surface area (Å²) in [6, 6.07) is 0. The number of rotatable bonds is 5. The largest absolute Gasteiger partial charge is 0.390 e. The molecule has 0 radical (unpaired) electrons. The highest BCUT2D eigenvalue weighted by atomic mass is 32.2. The van der Waals surface area contributed by atoms with Crippen molar-refractivity contribution in [2.24, 2.45) is 5.92 Å². The molecule has 78 valence electrons. The molecule has 1 unspecified atom stereocenters. The van der Waals surface area contributed by atoms with Crippen molar-refractivity contribution in [2.45, 2.75) is 12.3 Å². The Balaban J connectivity index is 2.06. The molecule has 0 bridgehead atoms. The first-order valence-electron chi connectivity index (χ1n) is 4.41. The van der Waals surface area contributed by atoms with Gasteiger partial charge in [-0.25, -0.2) is 8.78 Å². The van der Waals surface area contributed by atoms with Crippen LogP contribution in [0.25, 0.3) is 0 Å². The van der Waals surface area contributed by atoms with E-state index in [1.807, 2.05) is 11.8 Å². The van der Waals surface area contributed by atoms with Crippen molar-refractivity contribution in [3.8, 4) is 0 Å². The molecule has 0 aliphatic carbocycles. The van der Waals surface area contributed by atoms with E-state index in [1.54, 1.807) is 0 Å². The number of nitrogens with one attached hydrogen (secondary N) is 1. The molecule has 13 heavy (non-hydrogen) atoms. The highest BCUT2D eigenvalue weighted by molar-refractivity contribution is 7.99. The number of hydrogen-bond acceptors (Lipinski definition) is 3. The minimum atomic E-state index is -2.97. The lowest BCUT2D eigenvalue weighted by atomic mass is 10.1. The summed E-state index contributed by atoms with van der Waals surface area (Å²) in [7, 11) is 0. The second-order valence-corrected chi connectivity index (χ2v) is 4.52. The minimum Gasteiger partial charge on any atom is -0.390 e. The van der Waals surface area contributed by atoms with Crippen LogP contribution >= 0.6 is 11.8 Å². The van der Waals surface area contributed by atoms with Crippen LogP contribution in [0.15, 0.2) is 0 Å². The number of aliphatic hydroxyl groups excluding tert-OH is 1. The number of alkyl halides is 2. The average Bonchev–Trinajstić information content (AvgIpc) is 2.57. The van der Waals surface area contributed by atoms with Gasteiger partial charge < -0.3 is 10.4 Å². The van der Waals surface area contributed by atoms with Gasteiger partial charge in [0, 0.05) is 0 Å². The maximum atomic E-state index is 12.5. The molecule has 1 heterocycles. The topological polar surface area (TPSA) is 32.3 Å². The highest BCUT2D eigenvalue weighted by Gasteiger charge is 2.27. The number of hydrogen-bond donors (Lipinski definition) is 2. The van der Waals surface area contributed by atoms with Gasteiger partial charge in [0.05, 0.1) is 6.54 Å². The first-order valence-corrected chi connectivity index (χ1v) is 5.57. The molecule has 0 aromatic carbocycles. The molecule has 1 saturated heterocycles. The molecule has 0 aromatic heterocycles. The molecule has 0 aromatic rings. The molecule has 1 rings (SSSR count). The molecule has 1 fully saturated rings. The second-order valence-electron chi connectivity index (χ2n) is 3.37. The average molecular weight is 211 g/mol. The Kier molecular flexibility index (Phi) is 4.41. The molecule has 0 saturated carbocycles. The van der Waals surface area contributed by atoms with Crippen LogP contribution in [0.3, 0.4) is 0 Å². The van der Waals surface area contributed by atoms with Crippen LogP contribution in [0, 0.1) is 5.92 Å². The Bertz CT molecular complexity index is 151. The fourth-order valence-electron chi connectivity index (χ4n) is 1.26. The number of aliphatic hydroxyl groups is 1. The second kappa shape index (κ2) is 5.12. The van der Waals surface area contributed by atoms with E-state index in [1.165, 1.54) is 0 Å². The van der Waals surface area contributed by atoms with Crippen molar-refractivity contribution in [1.29, 1.82) is 0 Å². The van der Waals surface area contributed by atoms with Gasteiger partial charge in [-0.3, -0.25) is 0 Å². The summed E-state index contributed by atoms with van der Waals surface area (Å²) in [4.78, 5) is 0. The van der Waals surface area contributed by atoms with Gasteiger partial charge in [0.25, 0.3) is 5.92 Å². The van der Waals surface area contributed by atoms with Crippen LogP contribution in [-0.4, -0.2) is 42.2 Å². The summed E-state index contributed by atoms with van der Waals surface area (Å²) in [6.07, 6.45) is 1.11. The van der Waals surface area contributed by atoms with Crippen molar-refractivity contribution in [2.75, 3.05) is 31.2 Å². The molecule has 1 atom stereocenters. The van der Waals surface area contributed by atoms with E-state index in [0.717, 1.165) is 17.9 Å². The Morgan fingerprint density at radius 3 is 2.85 bits per heavy atom. The molecule has 1 aliphatic rings. The Morgan fingerprint density at radius 2 is 2.31 bits per heavy atom. The summed E-state index contributed by atoms with van der Waals surface area (Å²) in [5, 5.41) is 11.0. The summed E-state index contributed by atoms with van der Waals surface area (Å²) in [5.74, 6) is -0.230. The summed E-state index contributed by atoms with van der Waals surface area (Å²) < 4.78 is 25.0. The Labute approximate surface area is 81.1 Å². The van der Waals surface area contributed by atoms with Crippen LogP contribution < -0.4 is 5.32 Å². The number of thioether (sulfide) groups is 1. The monoisotopic (exact) mass is 211 g/mol. The predicted molar refractivity (Wildman–Crippen MR) is 50.3 cm³/mol. The fraction of sp³-hybridized carbons (Fsp3) is 1.00. The van der Waals surface area contributed by atoms with Gasteiger partial charge in [0.15, 0.2) is 0 Å². The van der Waals surface area contributed by atoms with E-state index in [4.69, 9.17) is 5.11 Å². The lowest BCUT2D eigenvalue weighted by Crippen LogP contribution is -2.38. The quantitative estimate of drug-likeness (QED) is 0.710. The Morgan fingerprint density at radius 1 is 1.54 bits per heavy atom. The normalized spacial score (nSPS) is 23.8. The van der Waals surface area contributed by atoms with Crippen molar-refractivity contribution in [3.63, 3.8) is 0 Å². The van der Waals surface area contributed by atoms with Crippen molar-refractivity contribution in [1.82, 2.24) is 5.32 Å². The zero-order chi connectivity index (χ0) is 9.73. The van der Waals surface area contributed by atoms with Gasteiger partial charge in [-0.1, -0.05) is 0 Å². The third-order valence-electron chi connectivity index (χ3n) is 2.07. The maximum Gasteiger partial charge on any atom is 0.282 e. The van der Waals surface area contributed by atoms with Crippen molar-refractivity contribution in [3.05, 3.63) is 0 Å². The van der Waals surface area contributed by atoms with Gasteiger partial charge in [-0.05, 0) is 30.4 Å². The summed E-state index contributed by atoms with van der Waals surface area (Å²) in [5.41, 5.74) is 0. The first kappa shape index (κ1) is 11.2. The molecular formula is C8H15F2NOS. The van der Waals surface area contributed by atoms with Gasteiger partial charge in [0.2, 0.25) is 0 Å². The number of halogens is 2. The fourth-order valence-corrected chi connectivity index (χ4v) is 2.54. The van der Waals surface area contributed by atoms with E-state index in [0.29, 0.717) is 12.5 Å². The zero-order valence-corrected chi connectivity index (χ0v) is 8.25.